The van der Waals surface area contributed by atoms with Crippen molar-refractivity contribution >= 4 is 11.9 Å². The molecule has 0 heterocycles. The Morgan fingerprint density at radius 1 is 1.31 bits per heavy atom. The molecule has 66 valence electrons. The van der Waals surface area contributed by atoms with Crippen molar-refractivity contribution in [3.8, 4) is 0 Å². The highest BCUT2D eigenvalue weighted by Gasteiger charge is 2.12. The van der Waals surface area contributed by atoms with Gasteiger partial charge in [0.25, 0.3) is 0 Å². The van der Waals surface area contributed by atoms with Gasteiger partial charge in [0.1, 0.15) is 0 Å². The Morgan fingerprint density at radius 2 is 2.15 bits per heavy atom. The van der Waals surface area contributed by atoms with E-state index < -0.39 is 0 Å². The summed E-state index contributed by atoms with van der Waals surface area (Å²) < 4.78 is 0. The molecule has 0 unspecified atom stereocenters. The molecule has 2 nitrogen and oxygen atoms in total. The lowest BCUT2D eigenvalue weighted by Crippen LogP contribution is -2.08. The molecular weight excluding hydrogens is 164 g/mol. The van der Waals surface area contributed by atoms with Crippen molar-refractivity contribution in [2.24, 2.45) is 0 Å². The van der Waals surface area contributed by atoms with Crippen molar-refractivity contribution in [2.45, 2.75) is 13.0 Å². The molecule has 1 aromatic carbocycles. The molecule has 0 amide bonds. The quantitative estimate of drug-likeness (QED) is 0.697. The first-order chi connectivity index (χ1) is 6.31. The number of benzene rings is 1. The molecule has 0 fully saturated rings. The largest absolute Gasteiger partial charge is 0.392 e. The van der Waals surface area contributed by atoms with E-state index in [0.29, 0.717) is 6.42 Å². The highest BCUT2D eigenvalue weighted by molar-refractivity contribution is 5.98. The summed E-state index contributed by atoms with van der Waals surface area (Å²) in [6.45, 7) is 0.00426. The maximum absolute atomic E-state index is 11.1. The first-order valence-electron chi connectivity index (χ1n) is 4.24. The van der Waals surface area contributed by atoms with Gasteiger partial charge < -0.3 is 5.11 Å². The zero-order chi connectivity index (χ0) is 9.26. The number of carbonyl (C=O) groups excluding carboxylic acids is 1. The van der Waals surface area contributed by atoms with Gasteiger partial charge in [-0.15, -0.1) is 0 Å². The Bertz CT molecular complexity index is 378. The summed E-state index contributed by atoms with van der Waals surface area (Å²) in [5.74, 6) is 0.105. The Hall–Kier alpha value is -1.41. The van der Waals surface area contributed by atoms with Crippen LogP contribution in [0.15, 0.2) is 24.3 Å². The lowest BCUT2D eigenvalue weighted by atomic mass is 9.92. The Labute approximate surface area is 76.5 Å². The summed E-state index contributed by atoms with van der Waals surface area (Å²) in [4.78, 5) is 11.1. The summed E-state index contributed by atoms with van der Waals surface area (Å²) in [6.07, 6.45) is 3.81. The van der Waals surface area contributed by atoms with Crippen molar-refractivity contribution in [1.82, 2.24) is 0 Å². The number of allylic oxidation sites excluding steroid dienone is 1. The van der Waals surface area contributed by atoms with Gasteiger partial charge in [-0.2, -0.15) is 0 Å². The molecule has 1 aliphatic rings. The molecular formula is C11H10O2. The van der Waals surface area contributed by atoms with E-state index in [1.165, 1.54) is 0 Å². The summed E-state index contributed by atoms with van der Waals surface area (Å²) >= 11 is 0. The minimum atomic E-state index is 0.00426. The maximum Gasteiger partial charge on any atom is 0.160 e. The van der Waals surface area contributed by atoms with Crippen LogP contribution >= 0.6 is 0 Å². The number of hydrogen-bond donors (Lipinski definition) is 1. The third-order valence-electron chi connectivity index (χ3n) is 2.28. The molecule has 0 bridgehead atoms. The van der Waals surface area contributed by atoms with E-state index in [2.05, 4.69) is 0 Å². The molecule has 0 radical (unpaired) electrons. The normalized spacial score (nSPS) is 14.4. The minimum absolute atomic E-state index is 0.00426. The molecule has 1 aromatic rings. The molecule has 13 heavy (non-hydrogen) atoms. The minimum Gasteiger partial charge on any atom is -0.392 e. The molecule has 0 saturated heterocycles. The standard InChI is InChI=1S/C11H10O2/c12-7-9-3-1-2-8-4-5-10(13)6-11(8)9/h1-5,12H,6-7H2. The van der Waals surface area contributed by atoms with Crippen LogP contribution in [0.5, 0.6) is 0 Å². The van der Waals surface area contributed by atoms with Crippen LogP contribution in [0.3, 0.4) is 0 Å². The van der Waals surface area contributed by atoms with Gasteiger partial charge in [0.15, 0.2) is 5.78 Å². The number of ketones is 1. The van der Waals surface area contributed by atoms with E-state index in [9.17, 15) is 4.79 Å². The molecule has 0 aliphatic heterocycles. The predicted molar refractivity (Wildman–Crippen MR) is 50.1 cm³/mol. The van der Waals surface area contributed by atoms with Crippen LogP contribution in [-0.4, -0.2) is 10.9 Å². The molecule has 0 spiro atoms. The molecule has 1 N–H and O–H groups in total. The fraction of sp³-hybridized carbons (Fsp3) is 0.182. The average Bonchev–Trinajstić information content (AvgIpc) is 2.17. The van der Waals surface area contributed by atoms with E-state index in [0.717, 1.165) is 16.7 Å². The van der Waals surface area contributed by atoms with Gasteiger partial charge in [0.05, 0.1) is 6.61 Å². The molecule has 2 heteroatoms. The van der Waals surface area contributed by atoms with Crippen LogP contribution in [-0.2, 0) is 17.8 Å². The first-order valence-corrected chi connectivity index (χ1v) is 4.24. The van der Waals surface area contributed by atoms with E-state index in [1.807, 2.05) is 18.2 Å². The van der Waals surface area contributed by atoms with Crippen molar-refractivity contribution in [2.75, 3.05) is 0 Å². The van der Waals surface area contributed by atoms with Gasteiger partial charge in [-0.1, -0.05) is 24.3 Å². The SMILES string of the molecule is O=C1C=Cc2cccc(CO)c2C1. The van der Waals surface area contributed by atoms with Crippen molar-refractivity contribution in [3.63, 3.8) is 0 Å². The van der Waals surface area contributed by atoms with E-state index in [4.69, 9.17) is 5.11 Å². The van der Waals surface area contributed by atoms with Crippen LogP contribution < -0.4 is 0 Å². The lowest BCUT2D eigenvalue weighted by molar-refractivity contribution is -0.114. The van der Waals surface area contributed by atoms with Gasteiger partial charge >= 0.3 is 0 Å². The molecule has 1 aliphatic carbocycles. The Balaban J connectivity index is 2.55. The number of carbonyl (C=O) groups is 1. The smallest absolute Gasteiger partial charge is 0.160 e. The van der Waals surface area contributed by atoms with Gasteiger partial charge in [-0.3, -0.25) is 4.79 Å². The third kappa shape index (κ3) is 1.40. The van der Waals surface area contributed by atoms with Gasteiger partial charge in [0, 0.05) is 6.42 Å². The summed E-state index contributed by atoms with van der Waals surface area (Å²) in [7, 11) is 0. The predicted octanol–water partition coefficient (Wildman–Crippen LogP) is 1.32. The first kappa shape index (κ1) is 8.20. The van der Waals surface area contributed by atoms with Crippen LogP contribution in [0.2, 0.25) is 0 Å². The average molecular weight is 174 g/mol. The molecule has 2 rings (SSSR count). The summed E-state index contributed by atoms with van der Waals surface area (Å²) in [6, 6.07) is 5.70. The fourth-order valence-corrected chi connectivity index (χ4v) is 1.59. The second kappa shape index (κ2) is 3.15. The maximum atomic E-state index is 11.1. The van der Waals surface area contributed by atoms with E-state index >= 15 is 0 Å². The molecule has 0 aromatic heterocycles. The Kier molecular flexibility index (Phi) is 1.99. The molecule has 0 saturated carbocycles. The number of hydrogen-bond acceptors (Lipinski definition) is 2. The second-order valence-electron chi connectivity index (χ2n) is 3.12. The third-order valence-corrected chi connectivity index (χ3v) is 2.28. The van der Waals surface area contributed by atoms with Crippen molar-refractivity contribution < 1.29 is 9.90 Å². The van der Waals surface area contributed by atoms with Crippen LogP contribution in [0.1, 0.15) is 16.7 Å². The number of aliphatic hydroxyl groups is 1. The highest BCUT2D eigenvalue weighted by atomic mass is 16.3. The van der Waals surface area contributed by atoms with Gasteiger partial charge in [-0.25, -0.2) is 0 Å². The van der Waals surface area contributed by atoms with Crippen LogP contribution in [0.25, 0.3) is 6.08 Å². The monoisotopic (exact) mass is 174 g/mol. The lowest BCUT2D eigenvalue weighted by Gasteiger charge is -2.12. The van der Waals surface area contributed by atoms with Crippen molar-refractivity contribution in [1.29, 1.82) is 0 Å². The van der Waals surface area contributed by atoms with E-state index in [-0.39, 0.29) is 12.4 Å². The second-order valence-corrected chi connectivity index (χ2v) is 3.12. The van der Waals surface area contributed by atoms with Crippen LogP contribution in [0, 0.1) is 0 Å². The summed E-state index contributed by atoms with van der Waals surface area (Å²) in [5.41, 5.74) is 2.87. The number of aliphatic hydroxyl groups excluding tert-OH is 1. The topological polar surface area (TPSA) is 37.3 Å². The fourth-order valence-electron chi connectivity index (χ4n) is 1.59. The number of rotatable bonds is 1. The van der Waals surface area contributed by atoms with Gasteiger partial charge in [0.2, 0.25) is 0 Å². The van der Waals surface area contributed by atoms with E-state index in [1.54, 1.807) is 12.2 Å². The number of fused-ring (bicyclic) bond motifs is 1. The van der Waals surface area contributed by atoms with Crippen LogP contribution in [0.4, 0.5) is 0 Å². The molecule has 0 atom stereocenters. The zero-order valence-corrected chi connectivity index (χ0v) is 7.16. The zero-order valence-electron chi connectivity index (χ0n) is 7.16. The Morgan fingerprint density at radius 3 is 2.92 bits per heavy atom. The summed E-state index contributed by atoms with van der Waals surface area (Å²) in [5, 5.41) is 9.04. The highest BCUT2D eigenvalue weighted by Crippen LogP contribution is 2.21. The van der Waals surface area contributed by atoms with Gasteiger partial charge in [-0.05, 0) is 22.8 Å². The van der Waals surface area contributed by atoms with Crippen molar-refractivity contribution in [3.05, 3.63) is 41.0 Å².